The Balaban J connectivity index is 2.54. The van der Waals surface area contributed by atoms with Crippen LogP contribution >= 0.6 is 11.6 Å². The average molecular weight is 222 g/mol. The summed E-state index contributed by atoms with van der Waals surface area (Å²) in [5.41, 5.74) is 1.16. The first-order chi connectivity index (χ1) is 7.15. The van der Waals surface area contributed by atoms with Gasteiger partial charge in [-0.2, -0.15) is 0 Å². The fraction of sp³-hybridized carbons (Fsp3) is 0. The first-order valence-electron chi connectivity index (χ1n) is 4.34. The summed E-state index contributed by atoms with van der Waals surface area (Å²) >= 11 is 5.74. The standard InChI is InChI=1S/C11H8ClNO2/c12-9-3-1-7(2-4-9)8-5-10(14)13-11(15)6-8/h1-6H,(H2,13,14,15). The van der Waals surface area contributed by atoms with Crippen molar-refractivity contribution in [3.63, 3.8) is 0 Å². The Morgan fingerprint density at radius 2 is 1.73 bits per heavy atom. The molecular formula is C11H8ClNO2. The fourth-order valence-electron chi connectivity index (χ4n) is 1.34. The zero-order chi connectivity index (χ0) is 10.8. The van der Waals surface area contributed by atoms with Gasteiger partial charge in [-0.15, -0.1) is 0 Å². The molecule has 2 N–H and O–H groups in total. The second-order valence-electron chi connectivity index (χ2n) is 3.13. The summed E-state index contributed by atoms with van der Waals surface area (Å²) in [6.07, 6.45) is 0. The Morgan fingerprint density at radius 1 is 1.07 bits per heavy atom. The number of H-pyrrole nitrogens is 1. The summed E-state index contributed by atoms with van der Waals surface area (Å²) in [7, 11) is 0. The van der Waals surface area contributed by atoms with Crippen LogP contribution < -0.4 is 5.56 Å². The number of hydrogen-bond donors (Lipinski definition) is 2. The first-order valence-corrected chi connectivity index (χ1v) is 4.72. The number of aromatic nitrogens is 1. The molecule has 0 fully saturated rings. The number of benzene rings is 1. The molecule has 0 amide bonds. The van der Waals surface area contributed by atoms with Gasteiger partial charge in [0.25, 0.3) is 5.56 Å². The molecule has 15 heavy (non-hydrogen) atoms. The largest absolute Gasteiger partial charge is 0.494 e. The van der Waals surface area contributed by atoms with Gasteiger partial charge in [0.05, 0.1) is 0 Å². The third-order valence-corrected chi connectivity index (χ3v) is 2.26. The Bertz CT molecular complexity index is 531. The van der Waals surface area contributed by atoms with Crippen LogP contribution in [-0.4, -0.2) is 10.1 Å². The van der Waals surface area contributed by atoms with E-state index in [1.165, 1.54) is 12.1 Å². The maximum atomic E-state index is 11.1. The van der Waals surface area contributed by atoms with Crippen molar-refractivity contribution >= 4 is 11.6 Å². The van der Waals surface area contributed by atoms with Crippen molar-refractivity contribution in [1.82, 2.24) is 4.98 Å². The highest BCUT2D eigenvalue weighted by Crippen LogP contribution is 2.21. The molecule has 0 bridgehead atoms. The van der Waals surface area contributed by atoms with Crippen molar-refractivity contribution in [1.29, 1.82) is 0 Å². The first kappa shape index (κ1) is 9.80. The van der Waals surface area contributed by atoms with Gasteiger partial charge in [-0.3, -0.25) is 9.78 Å². The third kappa shape index (κ3) is 2.19. The minimum atomic E-state index is -0.333. The van der Waals surface area contributed by atoms with Crippen molar-refractivity contribution < 1.29 is 5.11 Å². The average Bonchev–Trinajstić information content (AvgIpc) is 2.17. The number of aromatic hydroxyl groups is 1. The van der Waals surface area contributed by atoms with E-state index in [4.69, 9.17) is 11.6 Å². The van der Waals surface area contributed by atoms with Crippen LogP contribution in [0.25, 0.3) is 11.1 Å². The lowest BCUT2D eigenvalue weighted by Crippen LogP contribution is -2.02. The number of halogens is 1. The van der Waals surface area contributed by atoms with Gasteiger partial charge in [0.1, 0.15) is 0 Å². The van der Waals surface area contributed by atoms with Crippen LogP contribution in [0.5, 0.6) is 5.88 Å². The van der Waals surface area contributed by atoms with Gasteiger partial charge in [-0.1, -0.05) is 23.7 Å². The van der Waals surface area contributed by atoms with Crippen LogP contribution in [0.15, 0.2) is 41.2 Å². The topological polar surface area (TPSA) is 53.1 Å². The molecule has 1 heterocycles. The molecule has 2 rings (SSSR count). The predicted molar refractivity (Wildman–Crippen MR) is 59.2 cm³/mol. The van der Waals surface area contributed by atoms with Crippen LogP contribution in [0.3, 0.4) is 0 Å². The molecular weight excluding hydrogens is 214 g/mol. The Kier molecular flexibility index (Phi) is 2.47. The van der Waals surface area contributed by atoms with E-state index in [9.17, 15) is 9.90 Å². The van der Waals surface area contributed by atoms with E-state index in [1.54, 1.807) is 24.3 Å². The lowest BCUT2D eigenvalue weighted by atomic mass is 10.1. The van der Waals surface area contributed by atoms with Crippen LogP contribution in [0.4, 0.5) is 0 Å². The highest BCUT2D eigenvalue weighted by atomic mass is 35.5. The lowest BCUT2D eigenvalue weighted by Gasteiger charge is -2.01. The summed E-state index contributed by atoms with van der Waals surface area (Å²) in [6, 6.07) is 9.95. The molecule has 4 heteroatoms. The van der Waals surface area contributed by atoms with Crippen LogP contribution in [0.1, 0.15) is 0 Å². The molecule has 0 unspecified atom stereocenters. The van der Waals surface area contributed by atoms with Gasteiger partial charge < -0.3 is 5.11 Å². The lowest BCUT2D eigenvalue weighted by molar-refractivity contribution is 0.452. The molecule has 0 radical (unpaired) electrons. The van der Waals surface area contributed by atoms with Gasteiger partial charge in [0.2, 0.25) is 0 Å². The van der Waals surface area contributed by atoms with Crippen molar-refractivity contribution in [3.8, 4) is 17.0 Å². The Labute approximate surface area is 91.0 Å². The number of pyridine rings is 1. The van der Waals surface area contributed by atoms with Gasteiger partial charge in [0.15, 0.2) is 5.88 Å². The van der Waals surface area contributed by atoms with Crippen molar-refractivity contribution in [2.45, 2.75) is 0 Å². The Hall–Kier alpha value is -1.74. The quantitative estimate of drug-likeness (QED) is 0.777. The van der Waals surface area contributed by atoms with Crippen molar-refractivity contribution in [3.05, 3.63) is 51.8 Å². The summed E-state index contributed by atoms with van der Waals surface area (Å²) in [5.74, 6) is -0.146. The smallest absolute Gasteiger partial charge is 0.251 e. The van der Waals surface area contributed by atoms with E-state index in [0.717, 1.165) is 5.56 Å². The minimum Gasteiger partial charge on any atom is -0.494 e. The molecule has 3 nitrogen and oxygen atoms in total. The van der Waals surface area contributed by atoms with Crippen LogP contribution in [0.2, 0.25) is 5.02 Å². The van der Waals surface area contributed by atoms with Crippen molar-refractivity contribution in [2.75, 3.05) is 0 Å². The molecule has 0 saturated heterocycles. The second kappa shape index (κ2) is 3.79. The van der Waals surface area contributed by atoms with Crippen LogP contribution in [0, 0.1) is 0 Å². The van der Waals surface area contributed by atoms with Gasteiger partial charge in [-0.25, -0.2) is 0 Å². The molecule has 1 aromatic carbocycles. The molecule has 0 atom stereocenters. The van der Waals surface area contributed by atoms with E-state index >= 15 is 0 Å². The second-order valence-corrected chi connectivity index (χ2v) is 3.56. The highest BCUT2D eigenvalue weighted by Gasteiger charge is 2.00. The molecule has 0 saturated carbocycles. The summed E-state index contributed by atoms with van der Waals surface area (Å²) in [6.45, 7) is 0. The Morgan fingerprint density at radius 3 is 2.33 bits per heavy atom. The zero-order valence-corrected chi connectivity index (χ0v) is 8.45. The number of rotatable bonds is 1. The monoisotopic (exact) mass is 221 g/mol. The van der Waals surface area contributed by atoms with E-state index in [0.29, 0.717) is 10.6 Å². The normalized spacial score (nSPS) is 10.2. The molecule has 0 aliphatic heterocycles. The number of aromatic amines is 1. The summed E-state index contributed by atoms with van der Waals surface area (Å²) in [5, 5.41) is 9.86. The van der Waals surface area contributed by atoms with E-state index in [1.807, 2.05) is 0 Å². The molecule has 0 spiro atoms. The van der Waals surface area contributed by atoms with Crippen molar-refractivity contribution in [2.24, 2.45) is 0 Å². The molecule has 2 aromatic rings. The summed E-state index contributed by atoms with van der Waals surface area (Å²) in [4.78, 5) is 13.4. The van der Waals surface area contributed by atoms with Crippen LogP contribution in [-0.2, 0) is 0 Å². The fourth-order valence-corrected chi connectivity index (χ4v) is 1.46. The molecule has 0 aliphatic carbocycles. The maximum absolute atomic E-state index is 11.1. The van der Waals surface area contributed by atoms with Gasteiger partial charge >= 0.3 is 0 Å². The third-order valence-electron chi connectivity index (χ3n) is 2.01. The highest BCUT2D eigenvalue weighted by molar-refractivity contribution is 6.30. The maximum Gasteiger partial charge on any atom is 0.251 e. The van der Waals surface area contributed by atoms with E-state index in [-0.39, 0.29) is 11.4 Å². The molecule has 1 aromatic heterocycles. The van der Waals surface area contributed by atoms with Gasteiger partial charge in [0, 0.05) is 17.2 Å². The molecule has 76 valence electrons. The zero-order valence-electron chi connectivity index (χ0n) is 7.70. The SMILES string of the molecule is O=c1cc(-c2ccc(Cl)cc2)cc(O)[nH]1. The minimum absolute atomic E-state index is 0.146. The number of hydrogen-bond acceptors (Lipinski definition) is 2. The summed E-state index contributed by atoms with van der Waals surface area (Å²) < 4.78 is 0. The predicted octanol–water partition coefficient (Wildman–Crippen LogP) is 2.40. The van der Waals surface area contributed by atoms with E-state index < -0.39 is 0 Å². The van der Waals surface area contributed by atoms with E-state index in [2.05, 4.69) is 4.98 Å². The number of nitrogens with one attached hydrogen (secondary N) is 1. The molecule has 0 aliphatic rings. The van der Waals surface area contributed by atoms with Gasteiger partial charge in [-0.05, 0) is 23.3 Å².